The molecular formula is C30H37NO6S2. The van der Waals surface area contributed by atoms with E-state index in [2.05, 4.69) is 42.3 Å². The number of ether oxygens (including phenoxy) is 2. The highest BCUT2D eigenvalue weighted by Crippen LogP contribution is 2.45. The van der Waals surface area contributed by atoms with Crippen molar-refractivity contribution in [2.75, 3.05) is 18.6 Å². The van der Waals surface area contributed by atoms with Crippen LogP contribution in [0.4, 0.5) is 0 Å². The quantitative estimate of drug-likeness (QED) is 0.209. The summed E-state index contributed by atoms with van der Waals surface area (Å²) in [5.41, 5.74) is 1.86. The number of esters is 1. The Morgan fingerprint density at radius 3 is 2.56 bits per heavy atom. The Balaban J connectivity index is 1.68. The van der Waals surface area contributed by atoms with Gasteiger partial charge in [0.2, 0.25) is 5.75 Å². The fraction of sp³-hybridized carbons (Fsp3) is 0.467. The number of aromatic nitrogens is 1. The SMILES string of the molecule is COc1cc([C@H]2CSSC[C@@H](c3cc[nH]c3)[C@H](C[C@H]3C=CC=C[C@@H]3C)[C@@H](OC(C)=O)CC(=O)C2)cc(O)c1O. The molecule has 1 fully saturated rings. The lowest BCUT2D eigenvalue weighted by molar-refractivity contribution is -0.151. The van der Waals surface area contributed by atoms with E-state index in [0.29, 0.717) is 11.7 Å². The Labute approximate surface area is 237 Å². The van der Waals surface area contributed by atoms with Crippen LogP contribution in [0.15, 0.2) is 54.9 Å². The number of benzene rings is 1. The van der Waals surface area contributed by atoms with E-state index in [1.54, 1.807) is 27.7 Å². The number of nitrogens with one attached hydrogen (secondary N) is 1. The van der Waals surface area contributed by atoms with Crippen molar-refractivity contribution in [3.05, 3.63) is 66.0 Å². The third-order valence-corrected chi connectivity index (χ3v) is 10.3. The maximum atomic E-state index is 13.6. The van der Waals surface area contributed by atoms with Crippen LogP contribution in [0.1, 0.15) is 56.1 Å². The summed E-state index contributed by atoms with van der Waals surface area (Å²) in [6, 6.07) is 5.25. The Morgan fingerprint density at radius 2 is 1.87 bits per heavy atom. The second kappa shape index (κ2) is 13.5. The molecule has 39 heavy (non-hydrogen) atoms. The zero-order valence-corrected chi connectivity index (χ0v) is 24.2. The number of aromatic amines is 1. The molecule has 7 nitrogen and oxygen atoms in total. The number of phenols is 2. The van der Waals surface area contributed by atoms with Crippen molar-refractivity contribution in [3.63, 3.8) is 0 Å². The largest absolute Gasteiger partial charge is 0.504 e. The van der Waals surface area contributed by atoms with Crippen LogP contribution in [0, 0.1) is 17.8 Å². The molecule has 1 aliphatic heterocycles. The maximum Gasteiger partial charge on any atom is 0.302 e. The van der Waals surface area contributed by atoms with Crippen LogP contribution in [0.25, 0.3) is 0 Å². The van der Waals surface area contributed by atoms with Crippen LogP contribution in [-0.2, 0) is 14.3 Å². The van der Waals surface area contributed by atoms with Crippen LogP contribution in [0.3, 0.4) is 0 Å². The average molecular weight is 572 g/mol. The van der Waals surface area contributed by atoms with Crippen molar-refractivity contribution in [2.24, 2.45) is 17.8 Å². The Kier molecular flexibility index (Phi) is 10.1. The van der Waals surface area contributed by atoms with Gasteiger partial charge in [-0.1, -0.05) is 52.8 Å². The number of H-pyrrole nitrogens is 1. The van der Waals surface area contributed by atoms with Crippen molar-refractivity contribution >= 4 is 33.3 Å². The van der Waals surface area contributed by atoms with Gasteiger partial charge in [0.05, 0.1) is 7.11 Å². The first-order chi connectivity index (χ1) is 18.8. The summed E-state index contributed by atoms with van der Waals surface area (Å²) in [5, 5.41) is 20.4. The van der Waals surface area contributed by atoms with E-state index >= 15 is 0 Å². The molecule has 0 spiro atoms. The molecule has 1 aromatic carbocycles. The second-order valence-corrected chi connectivity index (χ2v) is 12.9. The predicted octanol–water partition coefficient (Wildman–Crippen LogP) is 6.36. The molecule has 2 aromatic rings. The number of phenolic OH excluding ortho intramolecular Hbond substituents is 2. The van der Waals surface area contributed by atoms with Gasteiger partial charge in [0.15, 0.2) is 11.5 Å². The van der Waals surface area contributed by atoms with Crippen molar-refractivity contribution in [1.82, 2.24) is 4.98 Å². The van der Waals surface area contributed by atoms with Gasteiger partial charge in [-0.05, 0) is 47.6 Å². The minimum atomic E-state index is -0.562. The van der Waals surface area contributed by atoms with Crippen LogP contribution in [0.2, 0.25) is 0 Å². The summed E-state index contributed by atoms with van der Waals surface area (Å²) in [6.45, 7) is 3.60. The van der Waals surface area contributed by atoms with E-state index in [0.717, 1.165) is 23.3 Å². The van der Waals surface area contributed by atoms with Crippen molar-refractivity contribution in [2.45, 2.75) is 51.0 Å². The van der Waals surface area contributed by atoms with Gasteiger partial charge in [-0.3, -0.25) is 9.59 Å². The first-order valence-electron chi connectivity index (χ1n) is 13.3. The molecule has 0 radical (unpaired) electrons. The minimum absolute atomic E-state index is 0.00442. The number of rotatable bonds is 6. The summed E-state index contributed by atoms with van der Waals surface area (Å²) in [4.78, 5) is 29.1. The van der Waals surface area contributed by atoms with Crippen molar-refractivity contribution < 1.29 is 29.3 Å². The van der Waals surface area contributed by atoms with Gasteiger partial charge in [0.1, 0.15) is 11.9 Å². The Bertz CT molecular complexity index is 1190. The summed E-state index contributed by atoms with van der Waals surface area (Å²) < 4.78 is 11.2. The van der Waals surface area contributed by atoms with E-state index in [-0.39, 0.29) is 65.5 Å². The van der Waals surface area contributed by atoms with E-state index in [1.165, 1.54) is 20.1 Å². The minimum Gasteiger partial charge on any atom is -0.504 e. The monoisotopic (exact) mass is 571 g/mol. The summed E-state index contributed by atoms with van der Waals surface area (Å²) >= 11 is 0. The number of carbonyl (C=O) groups is 2. The Morgan fingerprint density at radius 1 is 1.10 bits per heavy atom. The van der Waals surface area contributed by atoms with Gasteiger partial charge in [0.25, 0.3) is 0 Å². The average Bonchev–Trinajstić information content (AvgIpc) is 3.42. The number of ketones is 1. The normalized spacial score (nSPS) is 28.0. The highest BCUT2D eigenvalue weighted by atomic mass is 33.1. The zero-order chi connectivity index (χ0) is 27.9. The number of hydrogen-bond acceptors (Lipinski definition) is 8. The molecule has 4 rings (SSSR count). The molecule has 0 amide bonds. The van der Waals surface area contributed by atoms with E-state index in [4.69, 9.17) is 9.47 Å². The van der Waals surface area contributed by atoms with Crippen molar-refractivity contribution in [3.8, 4) is 17.2 Å². The number of carbonyl (C=O) groups excluding carboxylic acids is 2. The fourth-order valence-electron chi connectivity index (χ4n) is 5.59. The standard InChI is InChI=1S/C30H37NO6S2/c1-18-6-4-5-7-20(18)11-25-26(21-8-9-31-15-21)17-39-38-16-23(10-24(33)14-28(25)37-19(2)32)22-12-27(34)30(35)29(13-22)36-3/h4-9,12-13,15,18,20,23,25-26,28,31,34-35H,10-11,14,16-17H2,1-3H3/t18-,20+,23+,25-,26-,28-/m0/s1. The lowest BCUT2D eigenvalue weighted by Crippen LogP contribution is -2.36. The van der Waals surface area contributed by atoms with E-state index < -0.39 is 6.10 Å². The number of Topliss-reactive ketones (excluding diaryl/α,β-unsaturated/α-hetero) is 1. The molecule has 2 aliphatic rings. The molecule has 0 bridgehead atoms. The molecule has 0 unspecified atom stereocenters. The first kappa shape index (κ1) is 29.2. The predicted molar refractivity (Wildman–Crippen MR) is 156 cm³/mol. The van der Waals surface area contributed by atoms with Crippen LogP contribution in [-0.4, -0.2) is 51.7 Å². The summed E-state index contributed by atoms with van der Waals surface area (Å²) in [7, 11) is 4.86. The van der Waals surface area contributed by atoms with Crippen LogP contribution < -0.4 is 4.74 Å². The topological polar surface area (TPSA) is 109 Å². The number of methoxy groups -OCH3 is 1. The third kappa shape index (κ3) is 7.45. The summed E-state index contributed by atoms with van der Waals surface area (Å²) in [6.07, 6.45) is 13.1. The lowest BCUT2D eigenvalue weighted by Gasteiger charge is -2.36. The second-order valence-electron chi connectivity index (χ2n) is 10.4. The molecule has 1 saturated heterocycles. The Hall–Kier alpha value is -2.78. The zero-order valence-electron chi connectivity index (χ0n) is 22.5. The fourth-order valence-corrected chi connectivity index (χ4v) is 8.35. The molecule has 0 saturated carbocycles. The molecule has 2 heterocycles. The third-order valence-electron chi connectivity index (χ3n) is 7.74. The van der Waals surface area contributed by atoms with Crippen molar-refractivity contribution in [1.29, 1.82) is 0 Å². The highest BCUT2D eigenvalue weighted by molar-refractivity contribution is 8.76. The first-order valence-corrected chi connectivity index (χ1v) is 15.8. The van der Waals surface area contributed by atoms with Gasteiger partial charge >= 0.3 is 5.97 Å². The molecule has 1 aliphatic carbocycles. The summed E-state index contributed by atoms with van der Waals surface area (Å²) in [5.74, 6) is 1.03. The van der Waals surface area contributed by atoms with E-state index in [1.807, 2.05) is 12.4 Å². The van der Waals surface area contributed by atoms with Gasteiger partial charge in [-0.2, -0.15) is 0 Å². The molecule has 6 atom stereocenters. The maximum absolute atomic E-state index is 13.6. The molecular weight excluding hydrogens is 534 g/mol. The molecule has 1 aromatic heterocycles. The number of aromatic hydroxyl groups is 2. The van der Waals surface area contributed by atoms with Gasteiger partial charge in [-0.15, -0.1) is 0 Å². The number of allylic oxidation sites excluding steroid dienone is 4. The molecule has 3 N–H and O–H groups in total. The van der Waals surface area contributed by atoms with Gasteiger partial charge in [0, 0.05) is 61.4 Å². The molecule has 9 heteroatoms. The van der Waals surface area contributed by atoms with E-state index in [9.17, 15) is 19.8 Å². The highest BCUT2D eigenvalue weighted by Gasteiger charge is 2.38. The van der Waals surface area contributed by atoms with Gasteiger partial charge < -0.3 is 24.7 Å². The van der Waals surface area contributed by atoms with Crippen LogP contribution >= 0.6 is 21.6 Å². The molecule has 210 valence electrons. The van der Waals surface area contributed by atoms with Gasteiger partial charge in [-0.25, -0.2) is 0 Å². The van der Waals surface area contributed by atoms with Crippen LogP contribution in [0.5, 0.6) is 17.2 Å². The number of hydrogen-bond donors (Lipinski definition) is 3. The smallest absolute Gasteiger partial charge is 0.302 e. The lowest BCUT2D eigenvalue weighted by atomic mass is 9.73.